The predicted molar refractivity (Wildman–Crippen MR) is 105 cm³/mol. The van der Waals surface area contributed by atoms with Crippen LogP contribution < -0.4 is 10.6 Å². The first-order chi connectivity index (χ1) is 12.6. The molecule has 2 N–H and O–H groups in total. The van der Waals surface area contributed by atoms with Gasteiger partial charge in [-0.1, -0.05) is 18.2 Å². The number of halogens is 2. The van der Waals surface area contributed by atoms with E-state index in [1.54, 1.807) is 18.2 Å². The number of nitrogens with one attached hydrogen (secondary N) is 2. The summed E-state index contributed by atoms with van der Waals surface area (Å²) in [6, 6.07) is -0.493. The van der Waals surface area contributed by atoms with Gasteiger partial charge in [0.25, 0.3) is 0 Å². The van der Waals surface area contributed by atoms with E-state index in [1.165, 1.54) is 6.08 Å². The van der Waals surface area contributed by atoms with Crippen LogP contribution in [0.2, 0.25) is 5.82 Å². The highest BCUT2D eigenvalue weighted by Gasteiger charge is 2.53. The predicted octanol–water partition coefficient (Wildman–Crippen LogP) is 4.34. The summed E-state index contributed by atoms with van der Waals surface area (Å²) in [5, 5.41) is 5.24. The maximum atomic E-state index is 14.2. The van der Waals surface area contributed by atoms with E-state index in [1.807, 2.05) is 33.8 Å². The van der Waals surface area contributed by atoms with Gasteiger partial charge in [0.05, 0.1) is 22.3 Å². The van der Waals surface area contributed by atoms with Crippen LogP contribution in [0.1, 0.15) is 40.5 Å². The van der Waals surface area contributed by atoms with Crippen LogP contribution in [-0.2, 0) is 9.31 Å². The number of amides is 2. The van der Waals surface area contributed by atoms with Gasteiger partial charge < -0.3 is 19.9 Å². The first kappa shape index (κ1) is 20.2. The Bertz CT molecular complexity index is 729. The third-order valence-corrected chi connectivity index (χ3v) is 5.73. The summed E-state index contributed by atoms with van der Waals surface area (Å²) in [5.41, 5.74) is -0.0726. The molecule has 5 nitrogen and oxygen atoms in total. The molecule has 27 heavy (non-hydrogen) atoms. The van der Waals surface area contributed by atoms with E-state index >= 15 is 0 Å². The monoisotopic (exact) mass is 394 g/mol. The van der Waals surface area contributed by atoms with Gasteiger partial charge in [-0.2, -0.15) is 0 Å². The smallest absolute Gasteiger partial charge is 0.403 e. The van der Waals surface area contributed by atoms with Gasteiger partial charge in [0.2, 0.25) is 0 Å². The van der Waals surface area contributed by atoms with Gasteiger partial charge in [0, 0.05) is 11.5 Å². The third kappa shape index (κ3) is 4.47. The normalized spacial score (nSPS) is 29.0. The molecule has 2 atom stereocenters. The molecule has 1 heterocycles. The molecule has 3 aliphatic rings. The van der Waals surface area contributed by atoms with Crippen molar-refractivity contribution in [1.29, 1.82) is 0 Å². The fraction of sp³-hybridized carbons (Fsp3) is 0.526. The summed E-state index contributed by atoms with van der Waals surface area (Å²) in [5.74, 6) is -0.654. The molecule has 146 valence electrons. The van der Waals surface area contributed by atoms with E-state index in [0.717, 1.165) is 0 Å². The fourth-order valence-corrected chi connectivity index (χ4v) is 3.22. The summed E-state index contributed by atoms with van der Waals surface area (Å²) in [7, 11) is -0.496. The maximum absolute atomic E-state index is 14.2. The van der Waals surface area contributed by atoms with E-state index in [-0.39, 0.29) is 23.3 Å². The van der Waals surface area contributed by atoms with Crippen LogP contribution in [0.25, 0.3) is 0 Å². The molecule has 1 saturated heterocycles. The van der Waals surface area contributed by atoms with Crippen molar-refractivity contribution in [2.45, 2.75) is 62.9 Å². The van der Waals surface area contributed by atoms with Crippen LogP contribution in [0, 0.1) is 0 Å². The van der Waals surface area contributed by atoms with Gasteiger partial charge in [0.1, 0.15) is 5.83 Å². The Morgan fingerprint density at radius 3 is 2.44 bits per heavy atom. The van der Waals surface area contributed by atoms with Crippen molar-refractivity contribution in [3.8, 4) is 0 Å². The third-order valence-electron chi connectivity index (χ3n) is 5.41. The van der Waals surface area contributed by atoms with Gasteiger partial charge >= 0.3 is 13.1 Å². The SMILES string of the molecule is CC1(C)OB(C2C=CC(F)=C(NC(=O)NC3=CCC(Cl)C=C3)C2)OC1(C)C. The minimum absolute atomic E-state index is 0.0667. The molecule has 0 aromatic rings. The van der Waals surface area contributed by atoms with E-state index in [0.29, 0.717) is 12.1 Å². The van der Waals surface area contributed by atoms with Crippen molar-refractivity contribution in [1.82, 2.24) is 10.6 Å². The zero-order valence-corrected chi connectivity index (χ0v) is 16.8. The van der Waals surface area contributed by atoms with E-state index < -0.39 is 30.2 Å². The van der Waals surface area contributed by atoms with Crippen LogP contribution >= 0.6 is 11.6 Å². The Hall–Kier alpha value is -1.57. The molecule has 0 spiro atoms. The lowest BCUT2D eigenvalue weighted by Gasteiger charge is -2.32. The summed E-state index contributed by atoms with van der Waals surface area (Å²) < 4.78 is 26.3. The average molecular weight is 395 g/mol. The maximum Gasteiger partial charge on any atom is 0.465 e. The van der Waals surface area contributed by atoms with E-state index in [4.69, 9.17) is 20.9 Å². The number of carbonyl (C=O) groups excluding carboxylic acids is 1. The quantitative estimate of drug-likeness (QED) is 0.553. The molecule has 2 aliphatic carbocycles. The Balaban J connectivity index is 1.61. The second-order valence-electron chi connectivity index (χ2n) is 8.03. The number of hydrogen-bond donors (Lipinski definition) is 2. The summed E-state index contributed by atoms with van der Waals surface area (Å²) >= 11 is 5.96. The van der Waals surface area contributed by atoms with E-state index in [9.17, 15) is 9.18 Å². The molecule has 3 rings (SSSR count). The number of allylic oxidation sites excluding steroid dienone is 7. The molecule has 2 unspecified atom stereocenters. The fourth-order valence-electron chi connectivity index (χ4n) is 3.06. The number of rotatable bonds is 3. The molecule has 0 radical (unpaired) electrons. The van der Waals surface area contributed by atoms with Crippen LogP contribution in [0.4, 0.5) is 9.18 Å². The van der Waals surface area contributed by atoms with Crippen LogP contribution in [0.3, 0.4) is 0 Å². The van der Waals surface area contributed by atoms with Gasteiger partial charge in [-0.25, -0.2) is 9.18 Å². The van der Waals surface area contributed by atoms with Crippen molar-refractivity contribution >= 4 is 24.8 Å². The lowest BCUT2D eigenvalue weighted by molar-refractivity contribution is 0.00578. The molecular formula is C19H25BClFN2O3. The molecule has 0 saturated carbocycles. The lowest BCUT2D eigenvalue weighted by Crippen LogP contribution is -2.41. The Labute approximate surface area is 164 Å². The van der Waals surface area contributed by atoms with Crippen molar-refractivity contribution < 1.29 is 18.5 Å². The molecule has 1 fully saturated rings. The zero-order chi connectivity index (χ0) is 19.8. The second-order valence-corrected chi connectivity index (χ2v) is 8.59. The number of hydrogen-bond acceptors (Lipinski definition) is 3. The summed E-state index contributed by atoms with van der Waals surface area (Å²) in [6.07, 6.45) is 9.37. The average Bonchev–Trinajstić information content (AvgIpc) is 2.79. The zero-order valence-electron chi connectivity index (χ0n) is 16.0. The molecule has 0 aromatic carbocycles. The van der Waals surface area contributed by atoms with Gasteiger partial charge in [-0.15, -0.1) is 11.6 Å². The number of carbonyl (C=O) groups is 1. The lowest BCUT2D eigenvalue weighted by atomic mass is 9.68. The van der Waals surface area contributed by atoms with Crippen molar-refractivity contribution in [3.05, 3.63) is 47.6 Å². The molecule has 8 heteroatoms. The topological polar surface area (TPSA) is 59.6 Å². The highest BCUT2D eigenvalue weighted by Crippen LogP contribution is 2.43. The minimum Gasteiger partial charge on any atom is -0.403 e. The molecule has 2 amide bonds. The number of urea groups is 1. The van der Waals surface area contributed by atoms with Crippen molar-refractivity contribution in [2.75, 3.05) is 0 Å². The molecule has 1 aliphatic heterocycles. The molecule has 0 bridgehead atoms. The van der Waals surface area contributed by atoms with Crippen LogP contribution in [0.5, 0.6) is 0 Å². The van der Waals surface area contributed by atoms with Gasteiger partial charge in [-0.05, 0) is 52.7 Å². The van der Waals surface area contributed by atoms with Crippen molar-refractivity contribution in [3.63, 3.8) is 0 Å². The number of alkyl halides is 1. The van der Waals surface area contributed by atoms with Gasteiger partial charge in [0.15, 0.2) is 0 Å². The Morgan fingerprint density at radius 2 is 1.85 bits per heavy atom. The first-order valence-corrected chi connectivity index (χ1v) is 9.54. The summed E-state index contributed by atoms with van der Waals surface area (Å²) in [6.45, 7) is 7.89. The Kier molecular flexibility index (Phi) is 5.57. The second kappa shape index (κ2) is 7.45. The standard InChI is InChI=1S/C19H25BClFN2O3/c1-18(2)19(3,4)27-20(26-18)12-5-10-15(22)16(11-12)24-17(25)23-14-8-6-13(21)7-9-14/h5-6,8-10,12-13H,7,11H2,1-4H3,(H2,23,24,25). The van der Waals surface area contributed by atoms with Crippen LogP contribution in [0.15, 0.2) is 47.6 Å². The highest BCUT2D eigenvalue weighted by atomic mass is 35.5. The minimum atomic E-state index is -0.496. The van der Waals surface area contributed by atoms with E-state index in [2.05, 4.69) is 10.6 Å². The highest BCUT2D eigenvalue weighted by molar-refractivity contribution is 6.48. The van der Waals surface area contributed by atoms with Crippen molar-refractivity contribution in [2.24, 2.45) is 0 Å². The van der Waals surface area contributed by atoms with Gasteiger partial charge in [-0.3, -0.25) is 0 Å². The largest absolute Gasteiger partial charge is 0.465 e. The summed E-state index contributed by atoms with van der Waals surface area (Å²) in [4.78, 5) is 12.2. The molecule has 0 aromatic heterocycles. The molecular weight excluding hydrogens is 369 g/mol. The Morgan fingerprint density at radius 1 is 1.19 bits per heavy atom. The first-order valence-electron chi connectivity index (χ1n) is 9.10. The van der Waals surface area contributed by atoms with Crippen LogP contribution in [-0.4, -0.2) is 29.7 Å².